The van der Waals surface area contributed by atoms with Gasteiger partial charge in [-0.15, -0.1) is 11.3 Å². The van der Waals surface area contributed by atoms with Gasteiger partial charge in [0.1, 0.15) is 11.8 Å². The second kappa shape index (κ2) is 10.6. The molecule has 0 bridgehead atoms. The van der Waals surface area contributed by atoms with Gasteiger partial charge in [-0.1, -0.05) is 30.3 Å². The summed E-state index contributed by atoms with van der Waals surface area (Å²) in [6.07, 6.45) is 0. The van der Waals surface area contributed by atoms with E-state index in [-0.39, 0.29) is 29.3 Å². The number of nitrogens with zero attached hydrogens (tertiary/aromatic N) is 1. The molecule has 0 radical (unpaired) electrons. The summed E-state index contributed by atoms with van der Waals surface area (Å²) in [5.41, 5.74) is 1.43. The molecule has 1 atom stereocenters. The van der Waals surface area contributed by atoms with Gasteiger partial charge >= 0.3 is 0 Å². The number of amides is 1. The number of carbonyl (C=O) groups is 2. The fraction of sp³-hybridized carbons (Fsp3) is 0.192. The fourth-order valence-electron chi connectivity index (χ4n) is 3.93. The standard InChI is InChI=1S/C26H25N3O5S2/c1-17-6-3-4-8-22(17)25(26(32)29(15-18(2)30)16-20-7-5-13-35-20)28-36(33,34)21-10-11-23-19(14-21)9-12-24(31)27-23/h3-14,25,28H,15-16H2,1-2H3,(H,27,31)/t25-/m0/s1. The van der Waals surface area contributed by atoms with Crippen LogP contribution in [0.15, 0.2) is 81.8 Å². The zero-order valence-corrected chi connectivity index (χ0v) is 21.4. The minimum Gasteiger partial charge on any atom is -0.329 e. The fourth-order valence-corrected chi connectivity index (χ4v) is 5.86. The molecule has 2 N–H and O–H groups in total. The highest BCUT2D eigenvalue weighted by Crippen LogP contribution is 2.25. The number of hydrogen-bond acceptors (Lipinski definition) is 6. The lowest BCUT2D eigenvalue weighted by Crippen LogP contribution is -2.44. The first-order chi connectivity index (χ1) is 17.1. The molecule has 0 saturated heterocycles. The molecule has 0 saturated carbocycles. The van der Waals surface area contributed by atoms with Crippen LogP contribution < -0.4 is 10.3 Å². The number of sulfonamides is 1. The van der Waals surface area contributed by atoms with E-state index >= 15 is 0 Å². The topological polar surface area (TPSA) is 116 Å². The smallest absolute Gasteiger partial charge is 0.248 e. The number of Topliss-reactive ketones (excluding diaryl/α,β-unsaturated/α-hetero) is 1. The van der Waals surface area contributed by atoms with Crippen LogP contribution in [0.4, 0.5) is 0 Å². The average molecular weight is 524 g/mol. The summed E-state index contributed by atoms with van der Waals surface area (Å²) in [6, 6.07) is 16.7. The highest BCUT2D eigenvalue weighted by molar-refractivity contribution is 7.89. The minimum atomic E-state index is -4.17. The lowest BCUT2D eigenvalue weighted by Gasteiger charge is -2.28. The molecule has 4 aromatic rings. The number of benzene rings is 2. The molecule has 2 aromatic heterocycles. The largest absolute Gasteiger partial charge is 0.329 e. The molecule has 2 heterocycles. The number of aromatic nitrogens is 1. The predicted octanol–water partition coefficient (Wildman–Crippen LogP) is 3.54. The molecule has 0 unspecified atom stereocenters. The molecule has 8 nitrogen and oxygen atoms in total. The van der Waals surface area contributed by atoms with Gasteiger partial charge < -0.3 is 9.88 Å². The van der Waals surface area contributed by atoms with E-state index in [1.807, 2.05) is 17.5 Å². The minimum absolute atomic E-state index is 0.0511. The zero-order valence-electron chi connectivity index (χ0n) is 19.7. The summed E-state index contributed by atoms with van der Waals surface area (Å²) in [7, 11) is -4.17. The number of H-pyrrole nitrogens is 1. The van der Waals surface area contributed by atoms with Crippen LogP contribution in [0.5, 0.6) is 0 Å². The third kappa shape index (κ3) is 5.78. The van der Waals surface area contributed by atoms with Crippen molar-refractivity contribution in [3.05, 3.63) is 98.5 Å². The first-order valence-corrected chi connectivity index (χ1v) is 13.5. The summed E-state index contributed by atoms with van der Waals surface area (Å²) in [6.45, 7) is 3.22. The van der Waals surface area contributed by atoms with Crippen molar-refractivity contribution in [1.82, 2.24) is 14.6 Å². The number of nitrogens with one attached hydrogen (secondary N) is 2. The number of pyridine rings is 1. The molecule has 4 rings (SSSR count). The van der Waals surface area contributed by atoms with Crippen molar-refractivity contribution in [2.45, 2.75) is 31.3 Å². The Morgan fingerprint density at radius 2 is 1.83 bits per heavy atom. The molecule has 10 heteroatoms. The van der Waals surface area contributed by atoms with Gasteiger partial charge in [0, 0.05) is 16.5 Å². The number of fused-ring (bicyclic) bond motifs is 1. The van der Waals surface area contributed by atoms with Crippen molar-refractivity contribution < 1.29 is 18.0 Å². The number of aromatic amines is 1. The Morgan fingerprint density at radius 1 is 1.06 bits per heavy atom. The maximum absolute atomic E-state index is 13.8. The number of rotatable bonds is 9. The molecule has 0 spiro atoms. The van der Waals surface area contributed by atoms with Gasteiger partial charge in [-0.25, -0.2) is 8.42 Å². The van der Waals surface area contributed by atoms with Crippen molar-refractivity contribution >= 4 is 44.0 Å². The molecule has 36 heavy (non-hydrogen) atoms. The van der Waals surface area contributed by atoms with Gasteiger partial charge in [0.15, 0.2) is 0 Å². The monoisotopic (exact) mass is 523 g/mol. The molecule has 2 aromatic carbocycles. The van der Waals surface area contributed by atoms with E-state index < -0.39 is 22.0 Å². The van der Waals surface area contributed by atoms with Crippen LogP contribution >= 0.6 is 11.3 Å². The molecule has 0 fully saturated rings. The van der Waals surface area contributed by atoms with Gasteiger partial charge in [0.25, 0.3) is 0 Å². The molecule has 186 valence electrons. The summed E-state index contributed by atoms with van der Waals surface area (Å²) >= 11 is 1.45. The SMILES string of the molecule is CC(=O)CN(Cc1cccs1)C(=O)[C@@H](NS(=O)(=O)c1ccc2[nH]c(=O)ccc2c1)c1ccccc1C. The molecular formula is C26H25N3O5S2. The van der Waals surface area contributed by atoms with Crippen LogP contribution in [0.1, 0.15) is 29.0 Å². The highest BCUT2D eigenvalue weighted by atomic mass is 32.2. The number of hydrogen-bond donors (Lipinski definition) is 2. The van der Waals surface area contributed by atoms with E-state index in [1.54, 1.807) is 31.2 Å². The van der Waals surface area contributed by atoms with Crippen molar-refractivity contribution in [3.8, 4) is 0 Å². The van der Waals surface area contributed by atoms with Gasteiger partial charge in [-0.2, -0.15) is 4.72 Å². The Bertz CT molecular complexity index is 1580. The summed E-state index contributed by atoms with van der Waals surface area (Å²) < 4.78 is 29.5. The second-order valence-electron chi connectivity index (χ2n) is 8.46. The Labute approximate surface area is 212 Å². The second-order valence-corrected chi connectivity index (χ2v) is 11.2. The Kier molecular flexibility index (Phi) is 7.48. The predicted molar refractivity (Wildman–Crippen MR) is 139 cm³/mol. The summed E-state index contributed by atoms with van der Waals surface area (Å²) in [5.74, 6) is -0.739. The number of ketones is 1. The van der Waals surface area contributed by atoms with Crippen molar-refractivity contribution in [1.29, 1.82) is 0 Å². The number of thiophene rings is 1. The van der Waals surface area contributed by atoms with Crippen molar-refractivity contribution in [2.75, 3.05) is 6.54 Å². The van der Waals surface area contributed by atoms with E-state index in [2.05, 4.69) is 9.71 Å². The first kappa shape index (κ1) is 25.5. The Hall–Kier alpha value is -3.60. The molecular weight excluding hydrogens is 498 g/mol. The lowest BCUT2D eigenvalue weighted by molar-refractivity contribution is -0.137. The lowest BCUT2D eigenvalue weighted by atomic mass is 10.0. The molecule has 1 amide bonds. The third-order valence-electron chi connectivity index (χ3n) is 5.68. The number of aryl methyl sites for hydroxylation is 1. The van der Waals surface area contributed by atoms with Crippen LogP contribution in [-0.2, 0) is 26.2 Å². The van der Waals surface area contributed by atoms with Crippen molar-refractivity contribution in [2.24, 2.45) is 0 Å². The van der Waals surface area contributed by atoms with Crippen LogP contribution in [0.2, 0.25) is 0 Å². The van der Waals surface area contributed by atoms with Crippen molar-refractivity contribution in [3.63, 3.8) is 0 Å². The normalized spacial score (nSPS) is 12.4. The molecule has 0 aliphatic rings. The first-order valence-electron chi connectivity index (χ1n) is 11.2. The molecule has 0 aliphatic heterocycles. The van der Waals surface area contributed by atoms with Gasteiger partial charge in [0.2, 0.25) is 21.5 Å². The van der Waals surface area contributed by atoms with Crippen LogP contribution in [0, 0.1) is 6.92 Å². The van der Waals surface area contributed by atoms with E-state index in [4.69, 9.17) is 0 Å². The van der Waals surface area contributed by atoms with Gasteiger partial charge in [-0.3, -0.25) is 14.4 Å². The maximum atomic E-state index is 13.8. The Morgan fingerprint density at radius 3 is 2.53 bits per heavy atom. The highest BCUT2D eigenvalue weighted by Gasteiger charge is 2.32. The van der Waals surface area contributed by atoms with Crippen LogP contribution in [-0.4, -0.2) is 36.5 Å². The zero-order chi connectivity index (χ0) is 25.9. The average Bonchev–Trinajstić information content (AvgIpc) is 3.35. The van der Waals surface area contributed by atoms with Gasteiger partial charge in [-0.05, 0) is 66.1 Å². The maximum Gasteiger partial charge on any atom is 0.248 e. The van der Waals surface area contributed by atoms with Gasteiger partial charge in [0.05, 0.1) is 18.0 Å². The third-order valence-corrected chi connectivity index (χ3v) is 7.96. The van der Waals surface area contributed by atoms with Crippen LogP contribution in [0.25, 0.3) is 10.9 Å². The number of carbonyl (C=O) groups excluding carboxylic acids is 2. The van der Waals surface area contributed by atoms with E-state index in [9.17, 15) is 22.8 Å². The summed E-state index contributed by atoms with van der Waals surface area (Å²) in [5, 5.41) is 2.41. The van der Waals surface area contributed by atoms with E-state index in [0.29, 0.717) is 16.5 Å². The Balaban J connectivity index is 1.74. The quantitative estimate of drug-likeness (QED) is 0.348. The van der Waals surface area contributed by atoms with Crippen LogP contribution in [0.3, 0.4) is 0 Å². The summed E-state index contributed by atoms with van der Waals surface area (Å²) in [4.78, 5) is 42.3. The van der Waals surface area contributed by atoms with E-state index in [0.717, 1.165) is 10.4 Å². The van der Waals surface area contributed by atoms with E-state index in [1.165, 1.54) is 53.5 Å². The molecule has 0 aliphatic carbocycles.